The second kappa shape index (κ2) is 14.8. The first kappa shape index (κ1) is 32.5. The van der Waals surface area contributed by atoms with Crippen LogP contribution < -0.4 is 23.7 Å². The van der Waals surface area contributed by atoms with Gasteiger partial charge in [0.05, 0.1) is 30.3 Å². The van der Waals surface area contributed by atoms with Crippen LogP contribution in [0.2, 0.25) is 0 Å². The van der Waals surface area contributed by atoms with E-state index < -0.39 is 46.9 Å². The van der Waals surface area contributed by atoms with Gasteiger partial charge in [0.2, 0.25) is 0 Å². The van der Waals surface area contributed by atoms with Crippen LogP contribution in [-0.4, -0.2) is 66.1 Å². The molecule has 0 spiro atoms. The van der Waals surface area contributed by atoms with E-state index in [0.29, 0.717) is 5.75 Å². The highest BCUT2D eigenvalue weighted by molar-refractivity contribution is 5.94. The lowest BCUT2D eigenvalue weighted by Gasteiger charge is -2.15. The number of rotatable bonds is 13. The van der Waals surface area contributed by atoms with Gasteiger partial charge in [-0.2, -0.15) is 15.2 Å². The molecule has 4 aromatic rings. The fraction of sp³-hybridized carbons (Fsp3) is 0.194. The maximum Gasteiger partial charge on any atom is 0.392 e. The third kappa shape index (κ3) is 8.14. The fourth-order valence-electron chi connectivity index (χ4n) is 3.80. The molecule has 1 heterocycles. The van der Waals surface area contributed by atoms with E-state index in [0.717, 1.165) is 0 Å². The second-order valence-electron chi connectivity index (χ2n) is 9.31. The Morgan fingerprint density at radius 3 is 2.28 bits per heavy atom. The number of para-hydroxylation sites is 1. The van der Waals surface area contributed by atoms with Crippen molar-refractivity contribution in [2.24, 2.45) is 0 Å². The Kier molecular flexibility index (Phi) is 10.5. The van der Waals surface area contributed by atoms with Gasteiger partial charge in [-0.15, -0.1) is 0 Å². The topological polar surface area (TPSA) is 185 Å². The van der Waals surface area contributed by atoms with Gasteiger partial charge < -0.3 is 33.3 Å². The summed E-state index contributed by atoms with van der Waals surface area (Å²) in [7, 11) is 4.46. The molecule has 236 valence electrons. The molecule has 0 fully saturated rings. The number of benzene rings is 3. The van der Waals surface area contributed by atoms with Crippen molar-refractivity contribution in [2.45, 2.75) is 6.92 Å². The summed E-state index contributed by atoms with van der Waals surface area (Å²) in [5.74, 6) is -1.83. The summed E-state index contributed by atoms with van der Waals surface area (Å²) in [6.07, 6.45) is 0. The Bertz CT molecular complexity index is 1790. The van der Waals surface area contributed by atoms with Gasteiger partial charge in [-0.05, 0) is 43.3 Å². The minimum absolute atomic E-state index is 0.0284. The van der Waals surface area contributed by atoms with Crippen molar-refractivity contribution in [3.05, 3.63) is 88.0 Å². The number of hydrogen-bond acceptors (Lipinski definition) is 13. The van der Waals surface area contributed by atoms with E-state index in [-0.39, 0.29) is 40.7 Å². The lowest BCUT2D eigenvalue weighted by molar-refractivity contribution is -0.387. The van der Waals surface area contributed by atoms with Crippen molar-refractivity contribution in [1.82, 2.24) is 14.9 Å². The van der Waals surface area contributed by atoms with Crippen molar-refractivity contribution in [3.8, 4) is 52.6 Å². The van der Waals surface area contributed by atoms with Crippen LogP contribution in [0, 0.1) is 21.4 Å². The first-order valence-corrected chi connectivity index (χ1v) is 13.5. The predicted molar refractivity (Wildman–Crippen MR) is 160 cm³/mol. The number of nitrogens with zero attached hydrogens (tertiary/aromatic N) is 5. The van der Waals surface area contributed by atoms with Crippen molar-refractivity contribution in [2.75, 3.05) is 34.4 Å². The number of ether oxygens (including phenoxy) is 6. The van der Waals surface area contributed by atoms with E-state index in [2.05, 4.69) is 9.97 Å². The number of nitro groups is 1. The lowest BCUT2D eigenvalue weighted by Crippen LogP contribution is -2.21. The number of nitriles is 1. The standard InChI is InChI=1S/C31H27N5O10/c1-5-42-26(37)18-43-28-27(36(39)40)29(45-23-15-20(30(38)35(2)3)14-22(16-23)41-4)34-31(33-28)46-25-13-19(17-32)11-12-24(25)44-21-9-7-6-8-10-21/h6-16H,5,18H2,1-4H3. The molecule has 0 atom stereocenters. The molecule has 0 bridgehead atoms. The van der Waals surface area contributed by atoms with Gasteiger partial charge in [-0.1, -0.05) is 18.2 Å². The minimum atomic E-state index is -0.869. The highest BCUT2D eigenvalue weighted by Gasteiger charge is 2.31. The molecule has 4 rings (SSSR count). The Morgan fingerprint density at radius 1 is 0.913 bits per heavy atom. The molecular formula is C31H27N5O10. The largest absolute Gasteiger partial charge is 0.497 e. The van der Waals surface area contributed by atoms with E-state index in [1.54, 1.807) is 51.4 Å². The van der Waals surface area contributed by atoms with Crippen LogP contribution in [0.15, 0.2) is 66.7 Å². The summed E-state index contributed by atoms with van der Waals surface area (Å²) in [5, 5.41) is 21.8. The molecule has 0 N–H and O–H groups in total. The number of hydrogen-bond donors (Lipinski definition) is 0. The van der Waals surface area contributed by atoms with Gasteiger partial charge in [0.15, 0.2) is 18.1 Å². The summed E-state index contributed by atoms with van der Waals surface area (Å²) < 4.78 is 33.1. The van der Waals surface area contributed by atoms with Gasteiger partial charge >= 0.3 is 29.4 Å². The molecule has 46 heavy (non-hydrogen) atoms. The van der Waals surface area contributed by atoms with Crippen LogP contribution >= 0.6 is 0 Å². The molecule has 0 radical (unpaired) electrons. The number of amides is 1. The highest BCUT2D eigenvalue weighted by atomic mass is 16.6. The zero-order valence-corrected chi connectivity index (χ0v) is 25.1. The summed E-state index contributed by atoms with van der Waals surface area (Å²) >= 11 is 0. The average Bonchev–Trinajstić information content (AvgIpc) is 3.04. The SMILES string of the molecule is CCOC(=O)COc1nc(Oc2cc(C#N)ccc2Oc2ccccc2)nc(Oc2cc(OC)cc(C(=O)N(C)C)c2)c1[N+](=O)[O-]. The van der Waals surface area contributed by atoms with E-state index in [4.69, 9.17) is 28.4 Å². The van der Waals surface area contributed by atoms with Crippen LogP contribution in [-0.2, 0) is 9.53 Å². The maximum atomic E-state index is 12.7. The van der Waals surface area contributed by atoms with Crippen LogP contribution in [0.25, 0.3) is 0 Å². The van der Waals surface area contributed by atoms with Gasteiger partial charge in [0.1, 0.15) is 17.2 Å². The first-order chi connectivity index (χ1) is 22.1. The molecule has 0 aliphatic rings. The summed E-state index contributed by atoms with van der Waals surface area (Å²) in [5.41, 5.74) is -0.504. The van der Waals surface area contributed by atoms with E-state index in [1.807, 2.05) is 6.07 Å². The Labute approximate surface area is 262 Å². The van der Waals surface area contributed by atoms with Crippen molar-refractivity contribution >= 4 is 17.6 Å². The Balaban J connectivity index is 1.83. The van der Waals surface area contributed by atoms with E-state index in [1.165, 1.54) is 48.4 Å². The van der Waals surface area contributed by atoms with Crippen LogP contribution in [0.1, 0.15) is 22.8 Å². The summed E-state index contributed by atoms with van der Waals surface area (Å²) in [6.45, 7) is 0.883. The number of methoxy groups -OCH3 is 1. The molecule has 15 nitrogen and oxygen atoms in total. The van der Waals surface area contributed by atoms with E-state index >= 15 is 0 Å². The minimum Gasteiger partial charge on any atom is -0.497 e. The first-order valence-electron chi connectivity index (χ1n) is 13.5. The number of carbonyl (C=O) groups excluding carboxylic acids is 2. The fourth-order valence-corrected chi connectivity index (χ4v) is 3.80. The average molecular weight is 630 g/mol. The molecule has 3 aromatic carbocycles. The molecule has 15 heteroatoms. The third-order valence-electron chi connectivity index (χ3n) is 5.84. The highest BCUT2D eigenvalue weighted by Crippen LogP contribution is 2.41. The zero-order valence-electron chi connectivity index (χ0n) is 25.1. The smallest absolute Gasteiger partial charge is 0.392 e. The lowest BCUT2D eigenvalue weighted by atomic mass is 10.2. The number of esters is 1. The summed E-state index contributed by atoms with van der Waals surface area (Å²) in [4.78, 5) is 45.6. The molecule has 1 amide bonds. The monoisotopic (exact) mass is 629 g/mol. The van der Waals surface area contributed by atoms with Gasteiger partial charge in [0, 0.05) is 31.8 Å². The maximum absolute atomic E-state index is 12.7. The molecule has 0 saturated heterocycles. The predicted octanol–water partition coefficient (Wildman–Crippen LogP) is 5.29. The normalized spacial score (nSPS) is 10.2. The van der Waals surface area contributed by atoms with Gasteiger partial charge in [0.25, 0.3) is 5.91 Å². The van der Waals surface area contributed by atoms with Crippen LogP contribution in [0.4, 0.5) is 5.69 Å². The quantitative estimate of drug-likeness (QED) is 0.106. The van der Waals surface area contributed by atoms with Gasteiger partial charge in [-0.3, -0.25) is 14.9 Å². The van der Waals surface area contributed by atoms with Gasteiger partial charge in [-0.25, -0.2) is 4.79 Å². The van der Waals surface area contributed by atoms with Crippen LogP contribution in [0.5, 0.6) is 46.5 Å². The second-order valence-corrected chi connectivity index (χ2v) is 9.31. The zero-order chi connectivity index (χ0) is 33.2. The molecule has 0 unspecified atom stereocenters. The van der Waals surface area contributed by atoms with Crippen LogP contribution in [0.3, 0.4) is 0 Å². The third-order valence-corrected chi connectivity index (χ3v) is 5.84. The Hall–Kier alpha value is -6.43. The molecule has 0 aliphatic heterocycles. The van der Waals surface area contributed by atoms with Crippen molar-refractivity contribution < 1.29 is 42.9 Å². The number of carbonyl (C=O) groups is 2. The summed E-state index contributed by atoms with van der Waals surface area (Å²) in [6, 6.07) is 18.7. The molecular weight excluding hydrogens is 602 g/mol. The number of aromatic nitrogens is 2. The Morgan fingerprint density at radius 2 is 1.63 bits per heavy atom. The molecule has 0 saturated carbocycles. The van der Waals surface area contributed by atoms with Crippen molar-refractivity contribution in [3.63, 3.8) is 0 Å². The van der Waals surface area contributed by atoms with E-state index in [9.17, 15) is 25.0 Å². The molecule has 0 aliphatic carbocycles. The van der Waals surface area contributed by atoms with Crippen molar-refractivity contribution in [1.29, 1.82) is 5.26 Å². The molecule has 1 aromatic heterocycles.